The minimum Gasteiger partial charge on any atom is -0.299 e. The molecule has 0 radical (unpaired) electrons. The second-order valence-corrected chi connectivity index (χ2v) is 5.22. The Hall–Kier alpha value is -0.0400. The number of hydrogen-bond acceptors (Lipinski definition) is 1. The van der Waals surface area contributed by atoms with Gasteiger partial charge in [-0.25, -0.2) is 0 Å². The Morgan fingerprint density at radius 1 is 1.17 bits per heavy atom. The zero-order valence-corrected chi connectivity index (χ0v) is 7.76. The van der Waals surface area contributed by atoms with Crippen LogP contribution >= 0.6 is 11.6 Å². The van der Waals surface area contributed by atoms with Crippen LogP contribution in [0.3, 0.4) is 0 Å². The summed E-state index contributed by atoms with van der Waals surface area (Å²) in [7, 11) is 0. The largest absolute Gasteiger partial charge is 0.299 e. The molecule has 1 nitrogen and oxygen atoms in total. The van der Waals surface area contributed by atoms with Crippen LogP contribution < -0.4 is 0 Å². The average Bonchev–Trinajstić information content (AvgIpc) is 2.07. The van der Waals surface area contributed by atoms with Crippen LogP contribution in [-0.4, -0.2) is 11.2 Å². The molecule has 4 saturated carbocycles. The van der Waals surface area contributed by atoms with Crippen LogP contribution in [0.1, 0.15) is 25.7 Å². The molecular weight excluding hydrogens is 172 g/mol. The molecule has 0 aromatic rings. The topological polar surface area (TPSA) is 17.1 Å². The van der Waals surface area contributed by atoms with Crippen LogP contribution in [0.5, 0.6) is 0 Å². The average molecular weight is 185 g/mol. The Labute approximate surface area is 77.5 Å². The molecule has 0 aromatic carbocycles. The van der Waals surface area contributed by atoms with Crippen LogP contribution in [0.2, 0.25) is 0 Å². The highest BCUT2D eigenvalue weighted by Gasteiger charge is 2.52. The quantitative estimate of drug-likeness (QED) is 0.528. The summed E-state index contributed by atoms with van der Waals surface area (Å²) >= 11 is 6.24. The zero-order valence-electron chi connectivity index (χ0n) is 7.00. The Morgan fingerprint density at radius 3 is 2.83 bits per heavy atom. The van der Waals surface area contributed by atoms with E-state index in [4.69, 9.17) is 11.6 Å². The Kier molecular flexibility index (Phi) is 1.39. The zero-order chi connectivity index (χ0) is 8.29. The number of alkyl halides is 1. The molecule has 4 aliphatic rings. The lowest BCUT2D eigenvalue weighted by Crippen LogP contribution is -2.51. The number of Topliss-reactive ketones (excluding diaryl/α,β-unsaturated/α-hetero) is 1. The van der Waals surface area contributed by atoms with Gasteiger partial charge in [-0.15, -0.1) is 11.6 Å². The number of rotatable bonds is 0. The molecule has 2 heteroatoms. The maximum atomic E-state index is 11.7. The third kappa shape index (κ3) is 0.783. The molecule has 0 aromatic heterocycles. The first-order valence-electron chi connectivity index (χ1n) is 4.93. The van der Waals surface area contributed by atoms with Crippen molar-refractivity contribution in [1.29, 1.82) is 0 Å². The lowest BCUT2D eigenvalue weighted by molar-refractivity contribution is -0.139. The van der Waals surface area contributed by atoms with Gasteiger partial charge in [-0.3, -0.25) is 4.79 Å². The fraction of sp³-hybridized carbons (Fsp3) is 0.900. The third-order valence-electron chi connectivity index (χ3n) is 4.03. The van der Waals surface area contributed by atoms with Crippen molar-refractivity contribution in [3.63, 3.8) is 0 Å². The molecule has 5 atom stereocenters. The maximum Gasteiger partial charge on any atom is 0.140 e. The monoisotopic (exact) mass is 184 g/mol. The number of ketones is 1. The molecule has 12 heavy (non-hydrogen) atoms. The first-order chi connectivity index (χ1) is 5.75. The molecule has 0 amide bonds. The fourth-order valence-corrected chi connectivity index (χ4v) is 4.00. The predicted octanol–water partition coefficient (Wildman–Crippen LogP) is 2.23. The van der Waals surface area contributed by atoms with Crippen LogP contribution in [-0.2, 0) is 4.79 Å². The van der Waals surface area contributed by atoms with Crippen molar-refractivity contribution < 1.29 is 4.79 Å². The van der Waals surface area contributed by atoms with Gasteiger partial charge < -0.3 is 0 Å². The molecular formula is C10H13ClO. The number of hydrogen-bond donors (Lipinski definition) is 0. The van der Waals surface area contributed by atoms with Crippen LogP contribution in [0.4, 0.5) is 0 Å². The lowest BCUT2D eigenvalue weighted by atomic mass is 9.55. The van der Waals surface area contributed by atoms with Crippen LogP contribution in [0.15, 0.2) is 0 Å². The van der Waals surface area contributed by atoms with E-state index in [0.29, 0.717) is 17.6 Å². The maximum absolute atomic E-state index is 11.7. The first kappa shape index (κ1) is 7.37. The summed E-state index contributed by atoms with van der Waals surface area (Å²) in [4.78, 5) is 11.7. The van der Waals surface area contributed by atoms with E-state index in [9.17, 15) is 4.79 Å². The third-order valence-corrected chi connectivity index (χ3v) is 4.69. The van der Waals surface area contributed by atoms with Gasteiger partial charge in [0.1, 0.15) is 5.78 Å². The molecule has 4 bridgehead atoms. The van der Waals surface area contributed by atoms with Gasteiger partial charge in [-0.05, 0) is 37.5 Å². The van der Waals surface area contributed by atoms with Crippen molar-refractivity contribution >= 4 is 17.4 Å². The Morgan fingerprint density at radius 2 is 2.00 bits per heavy atom. The number of halogens is 1. The summed E-state index contributed by atoms with van der Waals surface area (Å²) in [5.74, 6) is 2.64. The fourth-order valence-electron chi connectivity index (χ4n) is 3.56. The van der Waals surface area contributed by atoms with E-state index in [2.05, 4.69) is 0 Å². The Bertz CT molecular complexity index is 238. The summed E-state index contributed by atoms with van der Waals surface area (Å²) in [5, 5.41) is 0.185. The molecule has 0 heterocycles. The second kappa shape index (κ2) is 2.25. The van der Waals surface area contributed by atoms with Gasteiger partial charge in [0.2, 0.25) is 0 Å². The van der Waals surface area contributed by atoms with Gasteiger partial charge in [0.05, 0.1) is 0 Å². The van der Waals surface area contributed by atoms with Gasteiger partial charge >= 0.3 is 0 Å². The summed E-state index contributed by atoms with van der Waals surface area (Å²) in [6, 6.07) is 0. The van der Waals surface area contributed by atoms with E-state index in [0.717, 1.165) is 18.8 Å². The minimum absolute atomic E-state index is 0.185. The van der Waals surface area contributed by atoms with Gasteiger partial charge in [0.25, 0.3) is 0 Å². The Balaban J connectivity index is 1.98. The smallest absolute Gasteiger partial charge is 0.140 e. The molecule has 4 fully saturated rings. The first-order valence-corrected chi connectivity index (χ1v) is 5.37. The molecule has 4 aliphatic carbocycles. The highest BCUT2D eigenvalue weighted by Crippen LogP contribution is 2.53. The van der Waals surface area contributed by atoms with E-state index < -0.39 is 0 Å². The number of carbonyl (C=O) groups is 1. The van der Waals surface area contributed by atoms with E-state index >= 15 is 0 Å². The van der Waals surface area contributed by atoms with E-state index in [-0.39, 0.29) is 11.3 Å². The SMILES string of the molecule is O=C1[C@@H]2C[C@H]3C[C@@H](C2)[C@@H](Cl)[C@@H]1C3. The molecule has 0 spiro atoms. The normalized spacial score (nSPS) is 56.4. The number of carbonyl (C=O) groups excluding carboxylic acids is 1. The van der Waals surface area contributed by atoms with E-state index in [1.54, 1.807) is 0 Å². The van der Waals surface area contributed by atoms with Gasteiger partial charge in [-0.1, -0.05) is 0 Å². The second-order valence-electron chi connectivity index (χ2n) is 4.72. The van der Waals surface area contributed by atoms with Crippen molar-refractivity contribution in [3.05, 3.63) is 0 Å². The lowest BCUT2D eigenvalue weighted by Gasteiger charge is -2.51. The van der Waals surface area contributed by atoms with Crippen molar-refractivity contribution in [2.75, 3.05) is 0 Å². The molecule has 0 aliphatic heterocycles. The molecule has 66 valence electrons. The van der Waals surface area contributed by atoms with Crippen molar-refractivity contribution in [2.24, 2.45) is 23.7 Å². The van der Waals surface area contributed by atoms with E-state index in [1.807, 2.05) is 0 Å². The molecule has 0 unspecified atom stereocenters. The summed E-state index contributed by atoms with van der Waals surface area (Å²) in [6.45, 7) is 0. The summed E-state index contributed by atoms with van der Waals surface area (Å²) in [5.41, 5.74) is 0. The highest BCUT2D eigenvalue weighted by atomic mass is 35.5. The van der Waals surface area contributed by atoms with E-state index in [1.165, 1.54) is 12.8 Å². The summed E-state index contributed by atoms with van der Waals surface area (Å²) < 4.78 is 0. The van der Waals surface area contributed by atoms with Crippen LogP contribution in [0.25, 0.3) is 0 Å². The van der Waals surface area contributed by atoms with Crippen molar-refractivity contribution in [2.45, 2.75) is 31.1 Å². The predicted molar refractivity (Wildman–Crippen MR) is 47.1 cm³/mol. The van der Waals surface area contributed by atoms with Crippen molar-refractivity contribution in [3.8, 4) is 0 Å². The molecule has 0 N–H and O–H groups in total. The highest BCUT2D eigenvalue weighted by molar-refractivity contribution is 6.23. The molecule has 0 saturated heterocycles. The molecule has 4 rings (SSSR count). The van der Waals surface area contributed by atoms with Gasteiger partial charge in [0, 0.05) is 17.2 Å². The van der Waals surface area contributed by atoms with Gasteiger partial charge in [-0.2, -0.15) is 0 Å². The standard InChI is InChI=1S/C10H13ClO/c11-9-6-1-5-2-7(4-6)10(12)8(9)3-5/h5-9H,1-4H2/t5-,6+,7-,8+,9-/m1/s1. The minimum atomic E-state index is 0.185. The van der Waals surface area contributed by atoms with Crippen molar-refractivity contribution in [1.82, 2.24) is 0 Å². The summed E-state index contributed by atoms with van der Waals surface area (Å²) in [6.07, 6.45) is 4.67. The van der Waals surface area contributed by atoms with Crippen LogP contribution in [0, 0.1) is 23.7 Å². The van der Waals surface area contributed by atoms with Gasteiger partial charge in [0.15, 0.2) is 0 Å².